The fraction of sp³-hybridized carbons (Fsp3) is 0.846. The second-order valence-corrected chi connectivity index (χ2v) is 13.6. The number of cyclic esters (lactones) is 2. The topological polar surface area (TPSA) is 61.8 Å². The molecule has 1 saturated heterocycles. The van der Waals surface area contributed by atoms with E-state index in [1.807, 2.05) is 14.2 Å². The van der Waals surface area contributed by atoms with E-state index in [1.54, 1.807) is 0 Å². The predicted molar refractivity (Wildman–Crippen MR) is 100 cm³/mol. The van der Waals surface area contributed by atoms with Crippen molar-refractivity contribution in [3.05, 3.63) is 12.2 Å². The second kappa shape index (κ2) is 3.33. The van der Waals surface area contributed by atoms with Crippen LogP contribution in [-0.2, 0) is 23.8 Å². The molecule has 0 radical (unpaired) electrons. The highest BCUT2D eigenvalue weighted by Crippen LogP contribution is 3.20. The Hall–Kier alpha value is -1.20. The van der Waals surface area contributed by atoms with Crippen LogP contribution < -0.4 is 0 Å². The molecule has 13 saturated carbocycles. The molecule has 15 aliphatic carbocycles. The van der Waals surface area contributed by atoms with E-state index in [4.69, 9.17) is 14.2 Å². The first-order chi connectivity index (χ1) is 15.2. The van der Waals surface area contributed by atoms with Gasteiger partial charge in [0.15, 0.2) is 0 Å². The zero-order valence-corrected chi connectivity index (χ0v) is 17.4. The molecule has 1 heterocycles. The number of ether oxygens (including phenoxy) is 3. The predicted octanol–water partition coefficient (Wildman–Crippen LogP) is 1.38. The van der Waals surface area contributed by atoms with Gasteiger partial charge in [0.05, 0.1) is 24.0 Å². The molecule has 16 bridgehead atoms. The van der Waals surface area contributed by atoms with Crippen LogP contribution in [-0.4, -0.2) is 38.4 Å². The lowest BCUT2D eigenvalue weighted by atomic mass is 9.20. The van der Waals surface area contributed by atoms with E-state index in [0.717, 1.165) is 11.8 Å². The van der Waals surface area contributed by atoms with Gasteiger partial charge in [-0.05, 0) is 92.7 Å². The van der Waals surface area contributed by atoms with Crippen molar-refractivity contribution in [1.29, 1.82) is 0 Å². The first-order valence-corrected chi connectivity index (χ1v) is 12.7. The van der Waals surface area contributed by atoms with Gasteiger partial charge in [-0.15, -0.1) is 0 Å². The van der Waals surface area contributed by atoms with Gasteiger partial charge in [-0.1, -0.05) is 12.2 Å². The van der Waals surface area contributed by atoms with E-state index in [1.165, 1.54) is 0 Å². The summed E-state index contributed by atoms with van der Waals surface area (Å²) in [5, 5.41) is 0. The summed E-state index contributed by atoms with van der Waals surface area (Å²) < 4.78 is 18.4. The summed E-state index contributed by atoms with van der Waals surface area (Å²) in [6.45, 7) is 0. The zero-order chi connectivity index (χ0) is 19.9. The molecule has 0 aromatic carbocycles. The maximum atomic E-state index is 13.2. The molecule has 5 nitrogen and oxygen atoms in total. The van der Waals surface area contributed by atoms with E-state index in [9.17, 15) is 9.59 Å². The monoisotopic (exact) mass is 416 g/mol. The van der Waals surface area contributed by atoms with Crippen LogP contribution in [0.2, 0.25) is 0 Å². The lowest BCUT2D eigenvalue weighted by Crippen LogP contribution is -2.81. The summed E-state index contributed by atoms with van der Waals surface area (Å²) in [7, 11) is 3.92. The summed E-state index contributed by atoms with van der Waals surface area (Å²) in [6.07, 6.45) is 5.96. The SMILES string of the molecule is COC1C2C3C4C1C15C6C=CC7C8C6C6C9C(=O)OC(=O)C9C8C8(C3C(OC)C4C618)C725. The van der Waals surface area contributed by atoms with Crippen molar-refractivity contribution in [2.24, 2.45) is 105 Å². The number of hydrogen-bond donors (Lipinski definition) is 0. The quantitative estimate of drug-likeness (QED) is 0.387. The highest BCUT2D eigenvalue weighted by Gasteiger charge is 3.20. The molecule has 0 aromatic rings. The van der Waals surface area contributed by atoms with Gasteiger partial charge < -0.3 is 14.2 Å². The van der Waals surface area contributed by atoms with Crippen LogP contribution in [0.3, 0.4) is 0 Å². The summed E-state index contributed by atoms with van der Waals surface area (Å²) in [6, 6.07) is 0. The largest absolute Gasteiger partial charge is 0.393 e. The van der Waals surface area contributed by atoms with Crippen LogP contribution in [0, 0.1) is 105 Å². The third kappa shape index (κ3) is 0.701. The van der Waals surface area contributed by atoms with Crippen molar-refractivity contribution in [1.82, 2.24) is 0 Å². The van der Waals surface area contributed by atoms with Crippen molar-refractivity contribution in [2.75, 3.05) is 14.2 Å². The smallest absolute Gasteiger partial charge is 0.317 e. The van der Waals surface area contributed by atoms with Crippen molar-refractivity contribution >= 4 is 11.9 Å². The van der Waals surface area contributed by atoms with Crippen LogP contribution in [0.5, 0.6) is 0 Å². The molecule has 14 fully saturated rings. The Labute approximate surface area is 179 Å². The number of rotatable bonds is 2. The fourth-order valence-electron chi connectivity index (χ4n) is 17.9. The fourth-order valence-corrected chi connectivity index (χ4v) is 17.9. The molecular formula is C26H24O5. The number of allylic oxidation sites excluding steroid dienone is 2. The van der Waals surface area contributed by atoms with Gasteiger partial charge in [-0.3, -0.25) is 9.59 Å². The minimum Gasteiger partial charge on any atom is -0.393 e. The average Bonchev–Trinajstić information content (AvgIpc) is 3.53. The lowest BCUT2D eigenvalue weighted by molar-refractivity contribution is -0.362. The molecule has 0 N–H and O–H groups in total. The van der Waals surface area contributed by atoms with Crippen LogP contribution in [0.25, 0.3) is 0 Å². The van der Waals surface area contributed by atoms with Gasteiger partial charge in [-0.25, -0.2) is 0 Å². The van der Waals surface area contributed by atoms with Gasteiger partial charge in [0.25, 0.3) is 0 Å². The maximum absolute atomic E-state index is 13.2. The van der Waals surface area contributed by atoms with Crippen molar-refractivity contribution in [3.8, 4) is 0 Å². The minimum absolute atomic E-state index is 0.162. The Bertz CT molecular complexity index is 1120. The first-order valence-electron chi connectivity index (χ1n) is 12.7. The van der Waals surface area contributed by atoms with Crippen molar-refractivity contribution in [2.45, 2.75) is 12.2 Å². The summed E-state index contributed by atoms with van der Waals surface area (Å²) in [5.74, 6) is 6.39. The molecule has 0 amide bonds. The summed E-state index contributed by atoms with van der Waals surface area (Å²) in [5.41, 5.74) is 1.10. The highest BCUT2D eigenvalue weighted by atomic mass is 16.6. The highest BCUT2D eigenvalue weighted by molar-refractivity contribution is 5.98. The Balaban J connectivity index is 1.33. The minimum atomic E-state index is -0.173. The van der Waals surface area contributed by atoms with Crippen LogP contribution in [0.4, 0.5) is 0 Å². The molecule has 1 aliphatic heterocycles. The normalized spacial score (nSPS) is 85.5. The van der Waals surface area contributed by atoms with E-state index in [0.29, 0.717) is 82.2 Å². The van der Waals surface area contributed by atoms with Gasteiger partial charge in [-0.2, -0.15) is 0 Å². The molecular weight excluding hydrogens is 392 g/mol. The number of carbonyl (C=O) groups is 2. The lowest BCUT2D eigenvalue weighted by Gasteiger charge is -2.81. The third-order valence-corrected chi connectivity index (χ3v) is 15.5. The Morgan fingerprint density at radius 3 is 1.48 bits per heavy atom. The van der Waals surface area contributed by atoms with E-state index in [2.05, 4.69) is 12.2 Å². The number of esters is 2. The summed E-state index contributed by atoms with van der Waals surface area (Å²) in [4.78, 5) is 26.4. The van der Waals surface area contributed by atoms with Crippen molar-refractivity contribution in [3.63, 3.8) is 0 Å². The number of hydrogen-bond acceptors (Lipinski definition) is 5. The maximum Gasteiger partial charge on any atom is 0.317 e. The number of methoxy groups -OCH3 is 2. The van der Waals surface area contributed by atoms with E-state index < -0.39 is 0 Å². The van der Waals surface area contributed by atoms with Crippen LogP contribution >= 0.6 is 0 Å². The van der Waals surface area contributed by atoms with Crippen molar-refractivity contribution < 1.29 is 23.8 Å². The summed E-state index contributed by atoms with van der Waals surface area (Å²) >= 11 is 0. The Morgan fingerprint density at radius 1 is 0.645 bits per heavy atom. The zero-order valence-electron chi connectivity index (χ0n) is 17.4. The Morgan fingerprint density at radius 2 is 1.06 bits per heavy atom. The van der Waals surface area contributed by atoms with Crippen LogP contribution in [0.15, 0.2) is 12.2 Å². The van der Waals surface area contributed by atoms with Crippen LogP contribution in [0.1, 0.15) is 0 Å². The molecule has 18 unspecified atom stereocenters. The molecule has 5 heteroatoms. The van der Waals surface area contributed by atoms with Gasteiger partial charge in [0.2, 0.25) is 0 Å². The average molecular weight is 416 g/mol. The van der Waals surface area contributed by atoms with Gasteiger partial charge in [0, 0.05) is 14.2 Å². The molecule has 158 valence electrons. The van der Waals surface area contributed by atoms with Gasteiger partial charge in [0.1, 0.15) is 0 Å². The third-order valence-electron chi connectivity index (χ3n) is 15.5. The van der Waals surface area contributed by atoms with E-state index >= 15 is 0 Å². The molecule has 16 aliphatic rings. The standard InChI is InChI=1S/C26H24O5/c1-29-19-15-9-10-16(19)24-6-4-3-5-7-8(6)14-12-11(21(27)31-22(12)28)13(7)25(23(5,15)24)17(9)20(30-2)18(10)26(14,24)25/h3-20H,1-2H3. The molecule has 31 heavy (non-hydrogen) atoms. The van der Waals surface area contributed by atoms with Gasteiger partial charge >= 0.3 is 11.9 Å². The second-order valence-electron chi connectivity index (χ2n) is 13.6. The molecule has 0 aromatic heterocycles. The van der Waals surface area contributed by atoms with E-state index in [-0.39, 0.29) is 34.6 Å². The molecule has 4 spiro atoms. The number of carbonyl (C=O) groups excluding carboxylic acids is 2. The first kappa shape index (κ1) is 14.8. The molecule has 18 atom stereocenters. The Kier molecular flexibility index (Phi) is 1.59. The molecule has 16 rings (SSSR count).